The first-order valence-electron chi connectivity index (χ1n) is 7.47. The number of amides is 1. The zero-order chi connectivity index (χ0) is 18.7. The van der Waals surface area contributed by atoms with Gasteiger partial charge in [-0.15, -0.1) is 8.78 Å². The Kier molecular flexibility index (Phi) is 3.38. The lowest BCUT2D eigenvalue weighted by atomic mass is 10.2. The highest BCUT2D eigenvalue weighted by molar-refractivity contribution is 7.92. The summed E-state index contributed by atoms with van der Waals surface area (Å²) < 4.78 is 62.1. The summed E-state index contributed by atoms with van der Waals surface area (Å²) in [6.45, 7) is 0. The number of likely N-dealkylation sites (N-methyl/N-ethyl adjacent to an activating group) is 1. The maximum absolute atomic E-state index is 13.0. The van der Waals surface area contributed by atoms with E-state index in [-0.39, 0.29) is 34.4 Å². The molecule has 0 saturated heterocycles. The number of ether oxygens (including phenoxy) is 2. The second-order valence-electron chi connectivity index (χ2n) is 5.85. The topological polar surface area (TPSA) is 84.9 Å². The second kappa shape index (κ2) is 5.31. The van der Waals surface area contributed by atoms with Crippen LogP contribution < -0.4 is 19.1 Å². The number of halogens is 2. The van der Waals surface area contributed by atoms with Crippen LogP contribution in [0.15, 0.2) is 41.3 Å². The number of hydrogen-bond donors (Lipinski definition) is 1. The van der Waals surface area contributed by atoms with Crippen LogP contribution >= 0.6 is 0 Å². The van der Waals surface area contributed by atoms with E-state index in [1.165, 1.54) is 29.2 Å². The van der Waals surface area contributed by atoms with Crippen molar-refractivity contribution in [3.63, 3.8) is 0 Å². The van der Waals surface area contributed by atoms with Gasteiger partial charge in [0.2, 0.25) is 5.91 Å². The average Bonchev–Trinajstić information content (AvgIpc) is 3.01. The quantitative estimate of drug-likeness (QED) is 0.881. The molecule has 0 atom stereocenters. The van der Waals surface area contributed by atoms with Crippen LogP contribution in [0.3, 0.4) is 0 Å². The second-order valence-corrected chi connectivity index (χ2v) is 7.54. The zero-order valence-corrected chi connectivity index (χ0v) is 14.1. The van der Waals surface area contributed by atoms with Crippen molar-refractivity contribution in [3.8, 4) is 11.5 Å². The van der Waals surface area contributed by atoms with E-state index in [2.05, 4.69) is 14.2 Å². The number of anilines is 2. The monoisotopic (exact) mass is 382 g/mol. The van der Waals surface area contributed by atoms with Crippen LogP contribution in [0.4, 0.5) is 20.2 Å². The highest BCUT2D eigenvalue weighted by atomic mass is 32.2. The lowest BCUT2D eigenvalue weighted by Gasteiger charge is -2.12. The van der Waals surface area contributed by atoms with E-state index >= 15 is 0 Å². The molecule has 2 heterocycles. The maximum atomic E-state index is 13.0. The molecule has 0 aliphatic carbocycles. The molecule has 0 aromatic heterocycles. The largest absolute Gasteiger partial charge is 0.586 e. The van der Waals surface area contributed by atoms with Gasteiger partial charge in [0.25, 0.3) is 10.0 Å². The van der Waals surface area contributed by atoms with Crippen molar-refractivity contribution < 1.29 is 31.5 Å². The molecule has 2 aromatic rings. The minimum atomic E-state index is -3.98. The number of alkyl halides is 2. The van der Waals surface area contributed by atoms with Crippen molar-refractivity contribution in [2.45, 2.75) is 17.6 Å². The van der Waals surface area contributed by atoms with Gasteiger partial charge < -0.3 is 14.4 Å². The standard InChI is InChI=1S/C16H12F2N2O5S/c1-20-12-4-3-11(6-9(12)7-15(20)21)26(22,23)19-10-2-5-13-14(8-10)25-16(17,18)24-13/h2-6,8,19H,7H2,1H3. The molecular formula is C16H12F2N2O5S. The molecule has 0 spiro atoms. The van der Waals surface area contributed by atoms with Crippen LogP contribution in [0, 0.1) is 0 Å². The highest BCUT2D eigenvalue weighted by Gasteiger charge is 2.43. The number of hydrogen-bond acceptors (Lipinski definition) is 5. The van der Waals surface area contributed by atoms with Crippen molar-refractivity contribution in [1.82, 2.24) is 0 Å². The number of rotatable bonds is 3. The third kappa shape index (κ3) is 2.71. The van der Waals surface area contributed by atoms with Crippen LogP contribution in [-0.2, 0) is 21.2 Å². The van der Waals surface area contributed by atoms with Gasteiger partial charge in [-0.05, 0) is 35.9 Å². The van der Waals surface area contributed by atoms with Gasteiger partial charge in [0, 0.05) is 18.8 Å². The molecule has 0 saturated carbocycles. The zero-order valence-electron chi connectivity index (χ0n) is 13.3. The van der Waals surface area contributed by atoms with Crippen LogP contribution in [0.2, 0.25) is 0 Å². The fraction of sp³-hybridized carbons (Fsp3) is 0.188. The third-order valence-electron chi connectivity index (χ3n) is 4.09. The molecule has 26 heavy (non-hydrogen) atoms. The summed E-state index contributed by atoms with van der Waals surface area (Å²) in [4.78, 5) is 13.1. The first-order chi connectivity index (χ1) is 12.1. The number of fused-ring (bicyclic) bond motifs is 2. The number of carbonyl (C=O) groups is 1. The molecule has 0 radical (unpaired) electrons. The third-order valence-corrected chi connectivity index (χ3v) is 5.47. The van der Waals surface area contributed by atoms with Gasteiger partial charge in [-0.2, -0.15) is 0 Å². The summed E-state index contributed by atoms with van der Waals surface area (Å²) in [5.41, 5.74) is 1.30. The Balaban J connectivity index is 1.62. The van der Waals surface area contributed by atoms with Crippen LogP contribution in [-0.4, -0.2) is 27.7 Å². The van der Waals surface area contributed by atoms with Gasteiger partial charge in [-0.3, -0.25) is 9.52 Å². The van der Waals surface area contributed by atoms with Crippen LogP contribution in [0.25, 0.3) is 0 Å². The van der Waals surface area contributed by atoms with Crippen molar-refractivity contribution in [2.75, 3.05) is 16.7 Å². The Morgan fingerprint density at radius 3 is 2.62 bits per heavy atom. The molecule has 2 aromatic carbocycles. The Labute approximate surface area is 147 Å². The number of nitrogens with one attached hydrogen (secondary N) is 1. The molecule has 0 unspecified atom stereocenters. The summed E-state index contributed by atoms with van der Waals surface area (Å²) in [5.74, 6) is -0.576. The van der Waals surface area contributed by atoms with E-state index in [1.807, 2.05) is 0 Å². The smallest absolute Gasteiger partial charge is 0.395 e. The maximum Gasteiger partial charge on any atom is 0.586 e. The number of nitrogens with zero attached hydrogens (tertiary/aromatic N) is 1. The molecule has 0 bridgehead atoms. The summed E-state index contributed by atoms with van der Waals surface area (Å²) in [7, 11) is -2.37. The minimum absolute atomic E-state index is 0.0395. The molecular weight excluding hydrogens is 370 g/mol. The highest BCUT2D eigenvalue weighted by Crippen LogP contribution is 2.42. The average molecular weight is 382 g/mol. The van der Waals surface area contributed by atoms with E-state index in [0.29, 0.717) is 11.3 Å². The van der Waals surface area contributed by atoms with Gasteiger partial charge in [-0.1, -0.05) is 0 Å². The van der Waals surface area contributed by atoms with Gasteiger partial charge >= 0.3 is 6.29 Å². The molecule has 2 aliphatic heterocycles. The molecule has 2 aliphatic rings. The van der Waals surface area contributed by atoms with E-state index in [1.54, 1.807) is 13.1 Å². The lowest BCUT2D eigenvalue weighted by molar-refractivity contribution is -0.286. The minimum Gasteiger partial charge on any atom is -0.395 e. The summed E-state index contributed by atoms with van der Waals surface area (Å²) >= 11 is 0. The summed E-state index contributed by atoms with van der Waals surface area (Å²) in [6.07, 6.45) is -3.66. The van der Waals surface area contributed by atoms with Crippen molar-refractivity contribution in [1.29, 1.82) is 0 Å². The van der Waals surface area contributed by atoms with Gasteiger partial charge in [0.1, 0.15) is 0 Å². The fourth-order valence-corrected chi connectivity index (χ4v) is 3.94. The Bertz CT molecular complexity index is 1040. The Morgan fingerprint density at radius 1 is 1.12 bits per heavy atom. The number of carbonyl (C=O) groups excluding carboxylic acids is 1. The first kappa shape index (κ1) is 16.6. The van der Waals surface area contributed by atoms with E-state index in [4.69, 9.17) is 0 Å². The Morgan fingerprint density at radius 2 is 1.85 bits per heavy atom. The molecule has 10 heteroatoms. The van der Waals surface area contributed by atoms with Gasteiger partial charge in [-0.25, -0.2) is 8.42 Å². The molecule has 0 fully saturated rings. The normalized spacial score (nSPS) is 17.3. The summed E-state index contributed by atoms with van der Waals surface area (Å²) in [5, 5.41) is 0. The fourth-order valence-electron chi connectivity index (χ4n) is 2.84. The molecule has 1 amide bonds. The summed E-state index contributed by atoms with van der Waals surface area (Å²) in [6, 6.07) is 7.92. The van der Waals surface area contributed by atoms with Crippen molar-refractivity contribution >= 4 is 27.3 Å². The number of sulfonamides is 1. The van der Waals surface area contributed by atoms with Gasteiger partial charge in [0.05, 0.1) is 17.0 Å². The van der Waals surface area contributed by atoms with Crippen LogP contribution in [0.1, 0.15) is 5.56 Å². The lowest BCUT2D eigenvalue weighted by Crippen LogP contribution is -2.25. The van der Waals surface area contributed by atoms with E-state index in [0.717, 1.165) is 6.07 Å². The predicted molar refractivity (Wildman–Crippen MR) is 87.0 cm³/mol. The molecule has 4 rings (SSSR count). The van der Waals surface area contributed by atoms with E-state index in [9.17, 15) is 22.0 Å². The van der Waals surface area contributed by atoms with Crippen LogP contribution in [0.5, 0.6) is 11.5 Å². The number of benzene rings is 2. The molecule has 7 nitrogen and oxygen atoms in total. The van der Waals surface area contributed by atoms with Gasteiger partial charge in [0.15, 0.2) is 11.5 Å². The SMILES string of the molecule is CN1C(=O)Cc2cc(S(=O)(=O)Nc3ccc4c(c3)OC(F)(F)O4)ccc21. The molecule has 136 valence electrons. The predicted octanol–water partition coefficient (Wildman–Crippen LogP) is 2.33. The van der Waals surface area contributed by atoms with Crippen molar-refractivity contribution in [2.24, 2.45) is 0 Å². The first-order valence-corrected chi connectivity index (χ1v) is 8.95. The van der Waals surface area contributed by atoms with Crippen molar-refractivity contribution in [3.05, 3.63) is 42.0 Å². The van der Waals surface area contributed by atoms with E-state index < -0.39 is 16.3 Å². The Hall–Kier alpha value is -2.88. The molecule has 1 N–H and O–H groups in total.